The average molecular weight is 475 g/mol. The number of hydrogen-bond donors (Lipinski definition) is 3. The number of likely N-dealkylation sites (tertiary alicyclic amines) is 1. The fourth-order valence-electron chi connectivity index (χ4n) is 5.52. The molecule has 1 aliphatic carbocycles. The zero-order valence-electron chi connectivity index (χ0n) is 20.1. The molecule has 1 saturated carbocycles. The summed E-state index contributed by atoms with van der Waals surface area (Å²) in [5, 5.41) is 5.96. The molecule has 3 fully saturated rings. The molecule has 3 amide bonds. The molecule has 2 saturated heterocycles. The molecule has 2 heterocycles. The second-order valence-corrected chi connectivity index (χ2v) is 10.8. The minimum atomic E-state index is -1.08. The van der Waals surface area contributed by atoms with Crippen LogP contribution >= 0.6 is 0 Å². The second-order valence-electron chi connectivity index (χ2n) is 10.8. The van der Waals surface area contributed by atoms with Gasteiger partial charge in [-0.1, -0.05) is 12.1 Å². The molecule has 8 nitrogen and oxygen atoms in total. The summed E-state index contributed by atoms with van der Waals surface area (Å²) in [6, 6.07) is 3.18. The van der Waals surface area contributed by atoms with Crippen LogP contribution in [0.15, 0.2) is 18.2 Å². The molecule has 1 aromatic carbocycles. The van der Waals surface area contributed by atoms with E-state index in [1.165, 1.54) is 11.0 Å². The van der Waals surface area contributed by atoms with Gasteiger partial charge in [0.05, 0.1) is 0 Å². The van der Waals surface area contributed by atoms with Gasteiger partial charge in [0.15, 0.2) is 0 Å². The number of nitrogens with two attached hydrogens (primary N) is 1. The van der Waals surface area contributed by atoms with E-state index in [9.17, 15) is 18.8 Å². The summed E-state index contributed by atoms with van der Waals surface area (Å²) in [6.45, 7) is 7.06. The summed E-state index contributed by atoms with van der Waals surface area (Å²) in [4.78, 5) is 39.8. The lowest BCUT2D eigenvalue weighted by Gasteiger charge is -2.36. The molecule has 0 radical (unpaired) electrons. The summed E-state index contributed by atoms with van der Waals surface area (Å²) in [5.74, 6) is -1.34. The summed E-state index contributed by atoms with van der Waals surface area (Å²) < 4.78 is 20.4. The summed E-state index contributed by atoms with van der Waals surface area (Å²) in [6.07, 6.45) is 2.75. The first-order chi connectivity index (χ1) is 16.0. The van der Waals surface area contributed by atoms with Crippen LogP contribution in [-0.4, -0.2) is 59.6 Å². The van der Waals surface area contributed by atoms with Crippen LogP contribution in [0.4, 0.5) is 9.18 Å². The van der Waals surface area contributed by atoms with Gasteiger partial charge in [0.25, 0.3) is 0 Å². The van der Waals surface area contributed by atoms with Gasteiger partial charge in [0.1, 0.15) is 23.5 Å². The third-order valence-electron chi connectivity index (χ3n) is 7.15. The van der Waals surface area contributed by atoms with Gasteiger partial charge in [-0.15, -0.1) is 0 Å². The van der Waals surface area contributed by atoms with Crippen LogP contribution in [0.25, 0.3) is 0 Å². The molecule has 4 rings (SSSR count). The molecule has 0 spiro atoms. The highest BCUT2D eigenvalue weighted by Crippen LogP contribution is 2.43. The Morgan fingerprint density at radius 3 is 2.65 bits per heavy atom. The highest BCUT2D eigenvalue weighted by molar-refractivity contribution is 5.91. The number of ether oxygens (including phenoxy) is 1. The Bertz CT molecular complexity index is 957. The number of amides is 3. The fourth-order valence-corrected chi connectivity index (χ4v) is 5.52. The number of piperidine rings is 1. The average Bonchev–Trinajstić information content (AvgIpc) is 3.50. The predicted molar refractivity (Wildman–Crippen MR) is 124 cm³/mol. The van der Waals surface area contributed by atoms with Crippen LogP contribution in [0.2, 0.25) is 0 Å². The molecule has 4 N–H and O–H groups in total. The molecule has 3 aliphatic rings. The van der Waals surface area contributed by atoms with E-state index in [2.05, 4.69) is 10.6 Å². The maximum atomic E-state index is 14.9. The Morgan fingerprint density at radius 1 is 1.26 bits per heavy atom. The maximum Gasteiger partial charge on any atom is 0.411 e. The number of halogens is 1. The van der Waals surface area contributed by atoms with Crippen LogP contribution in [0.1, 0.15) is 63.5 Å². The molecule has 1 aromatic rings. The Kier molecular flexibility index (Phi) is 6.85. The first-order valence-corrected chi connectivity index (χ1v) is 12.1. The third kappa shape index (κ3) is 5.19. The number of rotatable bonds is 6. The summed E-state index contributed by atoms with van der Waals surface area (Å²) in [7, 11) is 0. The summed E-state index contributed by atoms with van der Waals surface area (Å²) in [5.41, 5.74) is 6.12. The quantitative estimate of drug-likeness (QED) is 0.585. The number of carbonyl (C=O) groups is 3. The molecule has 2 bridgehead atoms. The van der Waals surface area contributed by atoms with Crippen molar-refractivity contribution in [2.45, 2.75) is 82.5 Å². The molecular weight excluding hydrogens is 439 g/mol. The van der Waals surface area contributed by atoms with E-state index in [0.717, 1.165) is 44.3 Å². The number of hydrogen-bond acceptors (Lipinski definition) is 5. The predicted octanol–water partition coefficient (Wildman–Crippen LogP) is 2.20. The van der Waals surface area contributed by atoms with E-state index in [0.29, 0.717) is 5.56 Å². The smallest absolute Gasteiger partial charge is 0.411 e. The molecule has 9 heteroatoms. The Labute approximate surface area is 199 Å². The van der Waals surface area contributed by atoms with E-state index >= 15 is 0 Å². The zero-order valence-corrected chi connectivity index (χ0v) is 20.1. The van der Waals surface area contributed by atoms with E-state index in [4.69, 9.17) is 10.5 Å². The van der Waals surface area contributed by atoms with Crippen molar-refractivity contribution in [3.63, 3.8) is 0 Å². The van der Waals surface area contributed by atoms with Crippen LogP contribution in [0.3, 0.4) is 0 Å². The van der Waals surface area contributed by atoms with Crippen molar-refractivity contribution in [2.24, 2.45) is 11.7 Å². The SMILES string of the molecule is CC(C)(C)OC(=O)N1C2CCC(C2)C1C(=O)N[C@@H](Cc1ccc(C2CCNC2)cc1F)C(N)=O. The third-order valence-corrected chi connectivity index (χ3v) is 7.15. The maximum absolute atomic E-state index is 14.9. The number of benzene rings is 1. The largest absolute Gasteiger partial charge is 0.444 e. The number of fused-ring (bicyclic) bond motifs is 2. The Morgan fingerprint density at radius 2 is 2.03 bits per heavy atom. The first-order valence-electron chi connectivity index (χ1n) is 12.1. The molecule has 2 aliphatic heterocycles. The topological polar surface area (TPSA) is 114 Å². The van der Waals surface area contributed by atoms with Gasteiger partial charge in [-0.2, -0.15) is 0 Å². The minimum Gasteiger partial charge on any atom is -0.444 e. The molecular formula is C25H35FN4O4. The Hall–Kier alpha value is -2.68. The molecule has 4 unspecified atom stereocenters. The molecule has 34 heavy (non-hydrogen) atoms. The minimum absolute atomic E-state index is 0.00193. The van der Waals surface area contributed by atoms with Crippen LogP contribution in [0.5, 0.6) is 0 Å². The van der Waals surface area contributed by atoms with Gasteiger partial charge in [0, 0.05) is 19.0 Å². The van der Waals surface area contributed by atoms with Crippen LogP contribution in [-0.2, 0) is 20.7 Å². The lowest BCUT2D eigenvalue weighted by Crippen LogP contribution is -2.57. The van der Waals surface area contributed by atoms with Gasteiger partial charge < -0.3 is 21.1 Å². The van der Waals surface area contributed by atoms with Crippen molar-refractivity contribution in [2.75, 3.05) is 13.1 Å². The first kappa shape index (κ1) is 24.4. The molecule has 186 valence electrons. The van der Waals surface area contributed by atoms with E-state index in [1.54, 1.807) is 26.8 Å². The van der Waals surface area contributed by atoms with Crippen molar-refractivity contribution in [3.8, 4) is 0 Å². The number of nitrogens with zero attached hydrogens (tertiary/aromatic N) is 1. The van der Waals surface area contributed by atoms with E-state index < -0.39 is 41.4 Å². The normalized spacial score (nSPS) is 27.0. The summed E-state index contributed by atoms with van der Waals surface area (Å²) >= 11 is 0. The van der Waals surface area contributed by atoms with Crippen molar-refractivity contribution < 1.29 is 23.5 Å². The highest BCUT2D eigenvalue weighted by Gasteiger charge is 2.52. The van der Waals surface area contributed by atoms with Gasteiger partial charge >= 0.3 is 6.09 Å². The number of nitrogens with one attached hydrogen (secondary N) is 2. The van der Waals surface area contributed by atoms with Crippen molar-refractivity contribution >= 4 is 17.9 Å². The molecule has 0 aromatic heterocycles. The highest BCUT2D eigenvalue weighted by atomic mass is 19.1. The standard InChI is InChI=1S/C25H35FN4O4/c1-25(2,3)34-24(33)30-18-7-6-16(10-18)21(30)23(32)29-20(22(27)31)12-15-5-4-14(11-19(15)26)17-8-9-28-13-17/h4-5,11,16-18,20-21,28H,6-10,12-13H2,1-3H3,(H2,27,31)(H,29,32)/t16?,17?,18?,20-,21?/m0/s1. The van der Waals surface area contributed by atoms with Crippen molar-refractivity contribution in [1.29, 1.82) is 0 Å². The van der Waals surface area contributed by atoms with Crippen molar-refractivity contribution in [1.82, 2.24) is 15.5 Å². The van der Waals surface area contributed by atoms with Gasteiger partial charge in [0.2, 0.25) is 11.8 Å². The van der Waals surface area contributed by atoms with Gasteiger partial charge in [-0.05, 0) is 82.0 Å². The van der Waals surface area contributed by atoms with Gasteiger partial charge in [-0.3, -0.25) is 14.5 Å². The fraction of sp³-hybridized carbons (Fsp3) is 0.640. The van der Waals surface area contributed by atoms with E-state index in [1.807, 2.05) is 6.07 Å². The number of carbonyl (C=O) groups excluding carboxylic acids is 3. The van der Waals surface area contributed by atoms with E-state index in [-0.39, 0.29) is 24.3 Å². The zero-order chi connectivity index (χ0) is 24.6. The van der Waals surface area contributed by atoms with Crippen LogP contribution < -0.4 is 16.4 Å². The molecule has 5 atom stereocenters. The lowest BCUT2D eigenvalue weighted by atomic mass is 9.94. The number of primary amides is 1. The van der Waals surface area contributed by atoms with Crippen molar-refractivity contribution in [3.05, 3.63) is 35.1 Å². The lowest BCUT2D eigenvalue weighted by molar-refractivity contribution is -0.132. The second kappa shape index (κ2) is 9.52. The monoisotopic (exact) mass is 474 g/mol. The van der Waals surface area contributed by atoms with Gasteiger partial charge in [-0.25, -0.2) is 9.18 Å². The Balaban J connectivity index is 1.46. The van der Waals surface area contributed by atoms with Crippen LogP contribution in [0, 0.1) is 11.7 Å².